The van der Waals surface area contributed by atoms with Gasteiger partial charge in [-0.2, -0.15) is 0 Å². The highest BCUT2D eigenvalue weighted by Gasteiger charge is 2.22. The van der Waals surface area contributed by atoms with Crippen LogP contribution >= 0.6 is 0 Å². The monoisotopic (exact) mass is 336 g/mol. The maximum atomic E-state index is 11.9. The lowest BCUT2D eigenvalue weighted by molar-refractivity contribution is 0.879. The van der Waals surface area contributed by atoms with Crippen molar-refractivity contribution in [3.8, 4) is 0 Å². The minimum atomic E-state index is -0.505. The summed E-state index contributed by atoms with van der Waals surface area (Å²) in [4.78, 5) is 29.8. The quantitative estimate of drug-likeness (QED) is 0.674. The predicted molar refractivity (Wildman–Crippen MR) is 102 cm³/mol. The summed E-state index contributed by atoms with van der Waals surface area (Å²) in [6.45, 7) is 1.96. The van der Waals surface area contributed by atoms with Gasteiger partial charge in [0.05, 0.1) is 0 Å². The van der Waals surface area contributed by atoms with E-state index in [9.17, 15) is 9.59 Å². The number of aromatic nitrogens is 1. The Kier molecular flexibility index (Phi) is 4.52. The third-order valence-corrected chi connectivity index (χ3v) is 4.13. The number of rotatable bonds is 6. The molecular formula is C19H20N4O2. The predicted octanol–water partition coefficient (Wildman–Crippen LogP) is 2.66. The Morgan fingerprint density at radius 1 is 0.920 bits per heavy atom. The van der Waals surface area contributed by atoms with Crippen LogP contribution < -0.4 is 26.4 Å². The van der Waals surface area contributed by atoms with E-state index in [-0.39, 0.29) is 6.04 Å². The minimum absolute atomic E-state index is 0.0995. The SMILES string of the molecule is CC(Nc1c(Nc2ccncc2)c(=O)c1=O)c1ccc(N(C)C)cc1. The van der Waals surface area contributed by atoms with Crippen LogP contribution in [0.15, 0.2) is 58.4 Å². The summed E-state index contributed by atoms with van der Waals surface area (Å²) in [6, 6.07) is 11.4. The molecule has 0 aliphatic rings. The van der Waals surface area contributed by atoms with Crippen LogP contribution in [-0.2, 0) is 0 Å². The molecule has 0 aliphatic carbocycles. The van der Waals surface area contributed by atoms with Crippen LogP contribution in [0.1, 0.15) is 18.5 Å². The molecule has 0 amide bonds. The summed E-state index contributed by atoms with van der Waals surface area (Å²) < 4.78 is 0. The number of hydrogen-bond acceptors (Lipinski definition) is 6. The summed E-state index contributed by atoms with van der Waals surface area (Å²) in [6.07, 6.45) is 3.24. The van der Waals surface area contributed by atoms with E-state index in [1.807, 2.05) is 50.2 Å². The average Bonchev–Trinajstić information content (AvgIpc) is 2.65. The largest absolute Gasteiger partial charge is 0.378 e. The summed E-state index contributed by atoms with van der Waals surface area (Å²) >= 11 is 0. The molecular weight excluding hydrogens is 316 g/mol. The Hall–Kier alpha value is -3.15. The van der Waals surface area contributed by atoms with Gasteiger partial charge in [0, 0.05) is 43.9 Å². The summed E-state index contributed by atoms with van der Waals surface area (Å²) in [7, 11) is 3.97. The molecule has 0 aliphatic heterocycles. The van der Waals surface area contributed by atoms with Crippen molar-refractivity contribution in [3.05, 3.63) is 74.8 Å². The van der Waals surface area contributed by atoms with Gasteiger partial charge in [-0.1, -0.05) is 12.1 Å². The standard InChI is InChI=1S/C19H20N4O2/c1-12(13-4-6-15(7-5-13)23(2)3)21-16-17(19(25)18(16)24)22-14-8-10-20-11-9-14/h4-12,21H,1-3H3,(H,20,22). The lowest BCUT2D eigenvalue weighted by Crippen LogP contribution is -2.37. The molecule has 1 heterocycles. The Balaban J connectivity index is 1.78. The van der Waals surface area contributed by atoms with Crippen molar-refractivity contribution in [3.63, 3.8) is 0 Å². The molecule has 2 aromatic carbocycles. The van der Waals surface area contributed by atoms with Gasteiger partial charge in [-0.05, 0) is 36.8 Å². The van der Waals surface area contributed by atoms with E-state index >= 15 is 0 Å². The van der Waals surface area contributed by atoms with Crippen molar-refractivity contribution >= 4 is 22.7 Å². The van der Waals surface area contributed by atoms with Crippen LogP contribution in [0.25, 0.3) is 0 Å². The van der Waals surface area contributed by atoms with Crippen molar-refractivity contribution in [1.82, 2.24) is 4.98 Å². The second-order valence-electron chi connectivity index (χ2n) is 6.12. The zero-order valence-electron chi connectivity index (χ0n) is 14.4. The molecule has 0 saturated heterocycles. The first kappa shape index (κ1) is 16.7. The number of hydrogen-bond donors (Lipinski definition) is 2. The molecule has 3 aromatic rings. The van der Waals surface area contributed by atoms with Gasteiger partial charge in [0.2, 0.25) is 0 Å². The molecule has 6 nitrogen and oxygen atoms in total. The third kappa shape index (κ3) is 3.38. The van der Waals surface area contributed by atoms with Crippen LogP contribution in [0.2, 0.25) is 0 Å². The van der Waals surface area contributed by atoms with E-state index in [4.69, 9.17) is 0 Å². The normalized spacial score (nSPS) is 12.0. The van der Waals surface area contributed by atoms with Crippen molar-refractivity contribution in [2.24, 2.45) is 0 Å². The second-order valence-corrected chi connectivity index (χ2v) is 6.12. The van der Waals surface area contributed by atoms with Gasteiger partial charge >= 0.3 is 0 Å². The van der Waals surface area contributed by atoms with E-state index in [2.05, 4.69) is 15.6 Å². The van der Waals surface area contributed by atoms with Crippen molar-refractivity contribution in [1.29, 1.82) is 0 Å². The first-order chi connectivity index (χ1) is 12.0. The Morgan fingerprint density at radius 3 is 2.12 bits per heavy atom. The molecule has 128 valence electrons. The summed E-state index contributed by atoms with van der Waals surface area (Å²) in [5, 5.41) is 6.14. The van der Waals surface area contributed by atoms with Gasteiger partial charge in [-0.25, -0.2) is 0 Å². The lowest BCUT2D eigenvalue weighted by Gasteiger charge is -2.21. The van der Waals surface area contributed by atoms with Gasteiger partial charge in [0.1, 0.15) is 11.4 Å². The van der Waals surface area contributed by atoms with Crippen LogP contribution in [0.5, 0.6) is 0 Å². The fourth-order valence-corrected chi connectivity index (χ4v) is 2.59. The van der Waals surface area contributed by atoms with E-state index in [1.54, 1.807) is 24.5 Å². The lowest BCUT2D eigenvalue weighted by atomic mass is 10.1. The van der Waals surface area contributed by atoms with Crippen LogP contribution in [-0.4, -0.2) is 19.1 Å². The van der Waals surface area contributed by atoms with Gasteiger partial charge in [-0.3, -0.25) is 14.6 Å². The van der Waals surface area contributed by atoms with Gasteiger partial charge in [0.25, 0.3) is 10.9 Å². The molecule has 1 aromatic heterocycles. The van der Waals surface area contributed by atoms with Crippen LogP contribution in [0.4, 0.5) is 22.7 Å². The van der Waals surface area contributed by atoms with Crippen LogP contribution in [0.3, 0.4) is 0 Å². The fraction of sp³-hybridized carbons (Fsp3) is 0.211. The zero-order chi connectivity index (χ0) is 18.0. The highest BCUT2D eigenvalue weighted by Crippen LogP contribution is 2.25. The number of nitrogens with zero attached hydrogens (tertiary/aromatic N) is 2. The molecule has 1 atom stereocenters. The number of pyridine rings is 1. The Labute approximate surface area is 145 Å². The molecule has 0 spiro atoms. The molecule has 25 heavy (non-hydrogen) atoms. The number of benzene rings is 1. The molecule has 2 N–H and O–H groups in total. The van der Waals surface area contributed by atoms with Gasteiger partial charge in [0.15, 0.2) is 0 Å². The van der Waals surface area contributed by atoms with E-state index < -0.39 is 10.9 Å². The molecule has 6 heteroatoms. The van der Waals surface area contributed by atoms with E-state index in [0.717, 1.165) is 11.3 Å². The van der Waals surface area contributed by atoms with Crippen molar-refractivity contribution in [2.75, 3.05) is 29.6 Å². The molecule has 0 bridgehead atoms. The third-order valence-electron chi connectivity index (χ3n) is 4.13. The molecule has 0 radical (unpaired) electrons. The highest BCUT2D eigenvalue weighted by molar-refractivity contribution is 5.78. The molecule has 0 saturated carbocycles. The Bertz CT molecular complexity index is 926. The second kappa shape index (κ2) is 6.76. The molecule has 3 rings (SSSR count). The van der Waals surface area contributed by atoms with Crippen LogP contribution in [0, 0.1) is 0 Å². The molecule has 1 unspecified atom stereocenters. The summed E-state index contributed by atoms with van der Waals surface area (Å²) in [5.74, 6) is 0. The first-order valence-electron chi connectivity index (χ1n) is 8.01. The zero-order valence-corrected chi connectivity index (χ0v) is 14.4. The summed E-state index contributed by atoms with van der Waals surface area (Å²) in [5.41, 5.74) is 2.48. The van der Waals surface area contributed by atoms with Gasteiger partial charge < -0.3 is 15.5 Å². The Morgan fingerprint density at radius 2 is 1.52 bits per heavy atom. The first-order valence-corrected chi connectivity index (χ1v) is 8.01. The average molecular weight is 336 g/mol. The number of anilines is 4. The molecule has 0 fully saturated rings. The minimum Gasteiger partial charge on any atom is -0.378 e. The number of nitrogens with one attached hydrogen (secondary N) is 2. The smallest absolute Gasteiger partial charge is 0.253 e. The van der Waals surface area contributed by atoms with Crippen molar-refractivity contribution < 1.29 is 0 Å². The topological polar surface area (TPSA) is 74.3 Å². The van der Waals surface area contributed by atoms with Gasteiger partial charge in [-0.15, -0.1) is 0 Å². The fourth-order valence-electron chi connectivity index (χ4n) is 2.59. The maximum Gasteiger partial charge on any atom is 0.253 e. The van der Waals surface area contributed by atoms with E-state index in [0.29, 0.717) is 17.1 Å². The van der Waals surface area contributed by atoms with Crippen molar-refractivity contribution in [2.45, 2.75) is 13.0 Å². The van der Waals surface area contributed by atoms with E-state index in [1.165, 1.54) is 0 Å². The highest BCUT2D eigenvalue weighted by atomic mass is 16.2. The maximum absolute atomic E-state index is 11.9.